The van der Waals surface area contributed by atoms with Crippen molar-refractivity contribution in [1.29, 1.82) is 0 Å². The van der Waals surface area contributed by atoms with Gasteiger partial charge in [0.2, 0.25) is 0 Å². The minimum Gasteiger partial charge on any atom is -0.427 e. The van der Waals surface area contributed by atoms with Crippen LogP contribution in [-0.2, 0) is 24.7 Å². The Kier molecular flexibility index (Phi) is 29.5. The molecule has 0 fully saturated rings. The van der Waals surface area contributed by atoms with Crippen LogP contribution in [0.4, 0.5) is 0 Å². The van der Waals surface area contributed by atoms with Gasteiger partial charge >= 0.3 is 17.2 Å². The van der Waals surface area contributed by atoms with Crippen LogP contribution in [0.1, 0.15) is 189 Å². The molecule has 0 spiro atoms. The minimum absolute atomic E-state index is 0.0552. The number of ether oxygens (including phenoxy) is 1. The van der Waals surface area contributed by atoms with Crippen LogP contribution < -0.4 is 4.52 Å². The molecule has 9 heteroatoms. The molecule has 0 saturated heterocycles. The quantitative estimate of drug-likeness (QED) is 0.0534. The van der Waals surface area contributed by atoms with Gasteiger partial charge in [0, 0.05) is 12.0 Å². The highest BCUT2D eigenvalue weighted by molar-refractivity contribution is 7.41. The van der Waals surface area contributed by atoms with Gasteiger partial charge in [0.25, 0.3) is 0 Å². The molecule has 0 heterocycles. The molecule has 0 bridgehead atoms. The van der Waals surface area contributed by atoms with E-state index in [0.29, 0.717) is 37.9 Å². The van der Waals surface area contributed by atoms with Gasteiger partial charge in [-0.05, 0) is 61.5 Å². The molecule has 0 aromatic heterocycles. The summed E-state index contributed by atoms with van der Waals surface area (Å²) in [6.07, 6.45) is 20.7. The zero-order valence-corrected chi connectivity index (χ0v) is 36.2. The van der Waals surface area contributed by atoms with Crippen molar-refractivity contribution in [3.8, 4) is 5.75 Å². The lowest BCUT2D eigenvalue weighted by Gasteiger charge is -2.26. The first-order valence-electron chi connectivity index (χ1n) is 20.7. The summed E-state index contributed by atoms with van der Waals surface area (Å²) in [5.74, 6) is 3.07. The third-order valence-electron chi connectivity index (χ3n) is 9.29. The Hall–Kier alpha value is -0.360. The van der Waals surface area contributed by atoms with Crippen LogP contribution in [0.3, 0.4) is 0 Å². The molecule has 0 radical (unpaired) electrons. The van der Waals surface area contributed by atoms with Crippen LogP contribution in [0.15, 0.2) is 18.2 Å². The van der Waals surface area contributed by atoms with E-state index in [2.05, 4.69) is 61.5 Å². The Balaban J connectivity index is 2.83. The molecule has 1 aromatic carbocycles. The monoisotopic (exact) mass is 759 g/mol. The third-order valence-corrected chi connectivity index (χ3v) is 11.0. The highest BCUT2D eigenvalue weighted by Crippen LogP contribution is 2.42. The molecule has 1 aromatic rings. The highest BCUT2D eigenvalue weighted by Gasteiger charge is 2.23. The van der Waals surface area contributed by atoms with Crippen LogP contribution >= 0.6 is 17.2 Å². The Bertz CT molecular complexity index is 920. The highest BCUT2D eigenvalue weighted by atomic mass is 31.2. The van der Waals surface area contributed by atoms with Crippen molar-refractivity contribution < 1.29 is 32.6 Å². The molecule has 7 nitrogen and oxygen atoms in total. The molecule has 2 N–H and O–H groups in total. The van der Waals surface area contributed by atoms with Crippen molar-refractivity contribution in [3.63, 3.8) is 0 Å². The molecule has 300 valence electrons. The maximum absolute atomic E-state index is 9.72. The second-order valence-electron chi connectivity index (χ2n) is 16.2. The Morgan fingerprint density at radius 1 is 0.588 bits per heavy atom. The zero-order valence-electron chi connectivity index (χ0n) is 34.4. The predicted molar refractivity (Wildman–Crippen MR) is 218 cm³/mol. The number of rotatable bonds is 34. The number of hydrogen-bond donors (Lipinski definition) is 2. The van der Waals surface area contributed by atoms with Gasteiger partial charge in [-0.3, -0.25) is 0 Å². The lowest BCUT2D eigenvalue weighted by Crippen LogP contribution is -2.24. The van der Waals surface area contributed by atoms with Crippen LogP contribution in [0, 0.1) is 17.8 Å². The van der Waals surface area contributed by atoms with Crippen LogP contribution in [-0.4, -0.2) is 41.8 Å². The van der Waals surface area contributed by atoms with E-state index in [1.165, 1.54) is 83.5 Å². The van der Waals surface area contributed by atoms with E-state index in [1.807, 2.05) is 19.1 Å². The van der Waals surface area contributed by atoms with Gasteiger partial charge in [-0.1, -0.05) is 157 Å². The average molecular weight is 759 g/mol. The molecule has 2 atom stereocenters. The summed E-state index contributed by atoms with van der Waals surface area (Å²) in [7, 11) is -3.97. The molecule has 0 aliphatic carbocycles. The fourth-order valence-corrected chi connectivity index (χ4v) is 7.74. The van der Waals surface area contributed by atoms with Crippen molar-refractivity contribution in [2.75, 3.05) is 19.8 Å². The Morgan fingerprint density at radius 2 is 1.06 bits per heavy atom. The second-order valence-corrected chi connectivity index (χ2v) is 18.1. The first-order chi connectivity index (χ1) is 24.4. The molecule has 51 heavy (non-hydrogen) atoms. The molecule has 0 amide bonds. The summed E-state index contributed by atoms with van der Waals surface area (Å²) in [4.78, 5) is 19.4. The molecule has 0 saturated carbocycles. The maximum atomic E-state index is 9.72. The Labute approximate surface area is 317 Å². The summed E-state index contributed by atoms with van der Waals surface area (Å²) in [6.45, 7) is 21.9. The summed E-state index contributed by atoms with van der Waals surface area (Å²) < 4.78 is 31.0. The van der Waals surface area contributed by atoms with Gasteiger partial charge in [0.15, 0.2) is 0 Å². The fourth-order valence-electron chi connectivity index (χ4n) is 6.28. The van der Waals surface area contributed by atoms with Gasteiger partial charge in [0.05, 0.1) is 32.0 Å². The third kappa shape index (κ3) is 27.0. The summed E-state index contributed by atoms with van der Waals surface area (Å²) >= 11 is 0. The van der Waals surface area contributed by atoms with E-state index in [-0.39, 0.29) is 18.1 Å². The molecule has 0 aliphatic rings. The Morgan fingerprint density at radius 3 is 1.55 bits per heavy atom. The van der Waals surface area contributed by atoms with E-state index >= 15 is 0 Å². The fraction of sp³-hybridized carbons (Fsp3) is 0.857. The minimum atomic E-state index is -2.51. The molecular weight excluding hydrogens is 678 g/mol. The van der Waals surface area contributed by atoms with Gasteiger partial charge in [-0.25, -0.2) is 0 Å². The van der Waals surface area contributed by atoms with Gasteiger partial charge in [0.1, 0.15) is 5.75 Å². The van der Waals surface area contributed by atoms with Crippen molar-refractivity contribution in [2.24, 2.45) is 17.8 Å². The van der Waals surface area contributed by atoms with Gasteiger partial charge in [-0.2, -0.15) is 0 Å². The lowest BCUT2D eigenvalue weighted by atomic mass is 9.91. The first-order valence-corrected chi connectivity index (χ1v) is 23.0. The smallest absolute Gasteiger partial charge is 0.391 e. The first kappa shape index (κ1) is 48.7. The summed E-state index contributed by atoms with van der Waals surface area (Å²) in [5, 5.41) is 0. The molecule has 1 rings (SSSR count). The van der Waals surface area contributed by atoms with Crippen molar-refractivity contribution in [1.82, 2.24) is 0 Å². The van der Waals surface area contributed by atoms with Crippen LogP contribution in [0.2, 0.25) is 0 Å². The van der Waals surface area contributed by atoms with E-state index in [0.717, 1.165) is 48.6 Å². The number of hydrogen-bond acceptors (Lipinski definition) is 7. The van der Waals surface area contributed by atoms with Gasteiger partial charge in [-0.15, -0.1) is 0 Å². The topological polar surface area (TPSA) is 86.6 Å². The summed E-state index contributed by atoms with van der Waals surface area (Å²) in [5.41, 5.74) is 2.14. The maximum Gasteiger partial charge on any atom is 0.391 e. The van der Waals surface area contributed by atoms with Crippen LogP contribution in [0.25, 0.3) is 0 Å². The lowest BCUT2D eigenvalue weighted by molar-refractivity contribution is -0.00683. The largest absolute Gasteiger partial charge is 0.427 e. The van der Waals surface area contributed by atoms with Crippen molar-refractivity contribution >= 4 is 17.2 Å². The average Bonchev–Trinajstić information content (AvgIpc) is 3.05. The van der Waals surface area contributed by atoms with E-state index in [1.54, 1.807) is 0 Å². The van der Waals surface area contributed by atoms with Crippen molar-refractivity contribution in [3.05, 3.63) is 29.3 Å². The van der Waals surface area contributed by atoms with Crippen LogP contribution in [0.5, 0.6) is 5.75 Å². The summed E-state index contributed by atoms with van der Waals surface area (Å²) in [6, 6.07) is 5.86. The molecule has 2 unspecified atom stereocenters. The molecule has 0 aliphatic heterocycles. The predicted octanol–water partition coefficient (Wildman–Crippen LogP) is 13.6. The second kappa shape index (κ2) is 30.9. The SMILES string of the molecule is CC(C)CCCCCCCOP(OCCCCCCCC(C)C)OC(C)COC(CCCCCC(C)C)Cc1c(OP(O)O)cccc1C(C)C. The van der Waals surface area contributed by atoms with Crippen molar-refractivity contribution in [2.45, 2.75) is 196 Å². The van der Waals surface area contributed by atoms with Gasteiger partial charge < -0.3 is 32.6 Å². The zero-order chi connectivity index (χ0) is 37.9. The van der Waals surface area contributed by atoms with E-state index in [4.69, 9.17) is 22.8 Å². The number of benzene rings is 1. The van der Waals surface area contributed by atoms with E-state index < -0.39 is 17.2 Å². The normalized spacial score (nSPS) is 13.5. The molecular formula is C42H80O7P2. The number of unbranched alkanes of at least 4 members (excludes halogenated alkanes) is 10. The van der Waals surface area contributed by atoms with E-state index in [9.17, 15) is 9.79 Å². The standard InChI is InChI=1S/C42H80O7P2/c1-34(2)24-17-12-10-14-21-30-46-51(47-31-22-15-11-13-18-25-35(3)4)48-38(9)33-45-39(27-20-16-19-26-36(5)6)32-41-40(37(7)8)28-23-29-42(41)49-50(43)44/h23,28-29,34-39,43-44H,10-22,24-27,30-33H2,1-9H3.